The highest BCUT2D eigenvalue weighted by Crippen LogP contribution is 2.35. The first kappa shape index (κ1) is 17.1. The molecule has 1 fully saturated rings. The number of aliphatic imine (C=N–C) groups is 1. The molecule has 1 aromatic heterocycles. The maximum atomic E-state index is 12.4. The predicted molar refractivity (Wildman–Crippen MR) is 97.8 cm³/mol. The second kappa shape index (κ2) is 7.04. The number of thioether (sulfide) groups is 1. The van der Waals surface area contributed by atoms with Crippen LogP contribution in [0, 0.1) is 10.1 Å². The first-order valence-corrected chi connectivity index (χ1v) is 8.26. The molecule has 1 aliphatic heterocycles. The number of para-hydroxylation sites is 1. The molecule has 0 aliphatic carbocycles. The number of nitro benzene ring substituents is 1. The molecule has 0 N–H and O–H groups in total. The van der Waals surface area contributed by atoms with Crippen molar-refractivity contribution in [2.75, 3.05) is 7.05 Å². The molecule has 0 atom stereocenters. The molecule has 126 valence electrons. The molecule has 3 rings (SSSR count). The van der Waals surface area contributed by atoms with Crippen LogP contribution in [0.4, 0.5) is 11.4 Å². The van der Waals surface area contributed by atoms with Gasteiger partial charge < -0.3 is 0 Å². The number of pyridine rings is 1. The highest BCUT2D eigenvalue weighted by molar-refractivity contribution is 8.18. The van der Waals surface area contributed by atoms with Crippen molar-refractivity contribution in [2.24, 2.45) is 4.99 Å². The summed E-state index contributed by atoms with van der Waals surface area (Å²) in [5, 5.41) is 11.9. The van der Waals surface area contributed by atoms with Crippen LogP contribution in [0.1, 0.15) is 5.56 Å². The van der Waals surface area contributed by atoms with Gasteiger partial charge in [0, 0.05) is 25.5 Å². The number of amidine groups is 1. The molecule has 1 amide bonds. The lowest BCUT2D eigenvalue weighted by atomic mass is 10.1. The Bertz CT molecular complexity index is 929. The van der Waals surface area contributed by atoms with Gasteiger partial charge in [0.15, 0.2) is 5.17 Å². The first-order chi connectivity index (χ1) is 12.0. The number of amides is 1. The summed E-state index contributed by atoms with van der Waals surface area (Å²) in [6.07, 6.45) is 4.52. The standard InChI is InChI=1S/C16H11ClN4O3S/c1-20-15(22)14(8-10-4-2-3-5-13(10)21(23)24)25-16(20)19-12-6-7-18-9-11(12)17/h2-9H,1H3/b14-8-,19-16?. The smallest absolute Gasteiger partial charge is 0.276 e. The number of benzene rings is 1. The van der Waals surface area contributed by atoms with Crippen LogP contribution >= 0.6 is 23.4 Å². The summed E-state index contributed by atoms with van der Waals surface area (Å²) in [7, 11) is 1.59. The van der Waals surface area contributed by atoms with E-state index in [1.165, 1.54) is 23.2 Å². The molecule has 1 aliphatic rings. The van der Waals surface area contributed by atoms with Gasteiger partial charge >= 0.3 is 0 Å². The second-order valence-electron chi connectivity index (χ2n) is 5.01. The Morgan fingerprint density at radius 1 is 1.36 bits per heavy atom. The first-order valence-electron chi connectivity index (χ1n) is 7.06. The quantitative estimate of drug-likeness (QED) is 0.462. The molecular weight excluding hydrogens is 364 g/mol. The van der Waals surface area contributed by atoms with Crippen LogP contribution in [0.5, 0.6) is 0 Å². The number of nitro groups is 1. The normalized spacial score (nSPS) is 17.5. The van der Waals surface area contributed by atoms with Crippen molar-refractivity contribution in [2.45, 2.75) is 0 Å². The molecule has 9 heteroatoms. The maximum Gasteiger partial charge on any atom is 0.276 e. The SMILES string of the molecule is CN1C(=O)/C(=C/c2ccccc2[N+](=O)[O-])SC1=Nc1ccncc1Cl. The van der Waals surface area contributed by atoms with E-state index >= 15 is 0 Å². The summed E-state index contributed by atoms with van der Waals surface area (Å²) in [5.41, 5.74) is 0.791. The van der Waals surface area contributed by atoms with Crippen LogP contribution in [-0.2, 0) is 4.79 Å². The molecular formula is C16H11ClN4O3S. The maximum absolute atomic E-state index is 12.4. The van der Waals surface area contributed by atoms with E-state index in [2.05, 4.69) is 9.98 Å². The molecule has 2 heterocycles. The summed E-state index contributed by atoms with van der Waals surface area (Å²) in [6, 6.07) is 7.88. The van der Waals surface area contributed by atoms with Crippen molar-refractivity contribution in [1.29, 1.82) is 0 Å². The summed E-state index contributed by atoms with van der Waals surface area (Å²) >= 11 is 7.17. The number of halogens is 1. The fraction of sp³-hybridized carbons (Fsp3) is 0.0625. The van der Waals surface area contributed by atoms with Gasteiger partial charge in [-0.2, -0.15) is 0 Å². The average molecular weight is 375 g/mol. The van der Waals surface area contributed by atoms with E-state index in [0.29, 0.717) is 26.3 Å². The lowest BCUT2D eigenvalue weighted by Crippen LogP contribution is -2.23. The van der Waals surface area contributed by atoms with Gasteiger partial charge in [0.25, 0.3) is 11.6 Å². The molecule has 2 aromatic rings. The third-order valence-corrected chi connectivity index (χ3v) is 4.74. The Morgan fingerprint density at radius 2 is 2.12 bits per heavy atom. The molecule has 1 aromatic carbocycles. The van der Waals surface area contributed by atoms with E-state index in [0.717, 1.165) is 11.8 Å². The number of likely N-dealkylation sites (N-methyl/N-ethyl adjacent to an activating group) is 1. The zero-order valence-corrected chi connectivity index (χ0v) is 14.5. The Balaban J connectivity index is 1.97. The van der Waals surface area contributed by atoms with Crippen molar-refractivity contribution in [1.82, 2.24) is 9.88 Å². The van der Waals surface area contributed by atoms with E-state index in [1.807, 2.05) is 0 Å². The molecule has 1 saturated heterocycles. The van der Waals surface area contributed by atoms with Crippen LogP contribution in [0.25, 0.3) is 6.08 Å². The topological polar surface area (TPSA) is 88.7 Å². The molecule has 7 nitrogen and oxygen atoms in total. The third kappa shape index (κ3) is 3.54. The van der Waals surface area contributed by atoms with Crippen molar-refractivity contribution in [3.63, 3.8) is 0 Å². The van der Waals surface area contributed by atoms with Gasteiger partial charge in [0.2, 0.25) is 0 Å². The van der Waals surface area contributed by atoms with Crippen molar-refractivity contribution in [3.05, 3.63) is 68.3 Å². The number of nitrogens with zero attached hydrogens (tertiary/aromatic N) is 4. The Hall–Kier alpha value is -2.71. The van der Waals surface area contributed by atoms with E-state index in [1.54, 1.807) is 37.5 Å². The lowest BCUT2D eigenvalue weighted by molar-refractivity contribution is -0.385. The molecule has 0 saturated carbocycles. The minimum atomic E-state index is -0.480. The van der Waals surface area contributed by atoms with Crippen LogP contribution < -0.4 is 0 Å². The fourth-order valence-corrected chi connectivity index (χ4v) is 3.26. The Morgan fingerprint density at radius 3 is 2.84 bits per heavy atom. The van der Waals surface area contributed by atoms with E-state index in [-0.39, 0.29) is 11.6 Å². The number of rotatable bonds is 3. The summed E-state index contributed by atoms with van der Waals surface area (Å²) < 4.78 is 0. The average Bonchev–Trinajstić information content (AvgIpc) is 2.85. The summed E-state index contributed by atoms with van der Waals surface area (Å²) in [4.78, 5) is 33.0. The van der Waals surface area contributed by atoms with Gasteiger partial charge in [0.1, 0.15) is 0 Å². The number of hydrogen-bond acceptors (Lipinski definition) is 6. The predicted octanol–water partition coefficient (Wildman–Crippen LogP) is 3.88. The van der Waals surface area contributed by atoms with Crippen LogP contribution in [-0.4, -0.2) is 32.9 Å². The highest BCUT2D eigenvalue weighted by atomic mass is 35.5. The lowest BCUT2D eigenvalue weighted by Gasteiger charge is -2.07. The molecule has 25 heavy (non-hydrogen) atoms. The summed E-state index contributed by atoms with van der Waals surface area (Å²) in [6.45, 7) is 0. The van der Waals surface area contributed by atoms with Gasteiger partial charge in [-0.05, 0) is 30.0 Å². The fourth-order valence-electron chi connectivity index (χ4n) is 2.13. The zero-order chi connectivity index (χ0) is 18.0. The van der Waals surface area contributed by atoms with E-state index in [9.17, 15) is 14.9 Å². The van der Waals surface area contributed by atoms with Crippen LogP contribution in [0.15, 0.2) is 52.6 Å². The van der Waals surface area contributed by atoms with E-state index < -0.39 is 4.92 Å². The van der Waals surface area contributed by atoms with Gasteiger partial charge in [0.05, 0.1) is 26.1 Å². The molecule has 0 unspecified atom stereocenters. The zero-order valence-electron chi connectivity index (χ0n) is 12.9. The van der Waals surface area contributed by atoms with Crippen molar-refractivity contribution >= 4 is 51.9 Å². The van der Waals surface area contributed by atoms with Crippen LogP contribution in [0.2, 0.25) is 5.02 Å². The Labute approximate surface area is 152 Å². The minimum absolute atomic E-state index is 0.0615. The monoisotopic (exact) mass is 374 g/mol. The Kier molecular flexibility index (Phi) is 4.82. The molecule has 0 spiro atoms. The van der Waals surface area contributed by atoms with Crippen LogP contribution in [0.3, 0.4) is 0 Å². The molecule has 0 radical (unpaired) electrons. The van der Waals surface area contributed by atoms with E-state index in [4.69, 9.17) is 11.6 Å². The second-order valence-corrected chi connectivity index (χ2v) is 6.43. The van der Waals surface area contributed by atoms with Gasteiger partial charge in [-0.3, -0.25) is 24.8 Å². The number of carbonyl (C=O) groups excluding carboxylic acids is 1. The van der Waals surface area contributed by atoms with Gasteiger partial charge in [-0.1, -0.05) is 23.7 Å². The van der Waals surface area contributed by atoms with Gasteiger partial charge in [-0.25, -0.2) is 4.99 Å². The number of carbonyl (C=O) groups is 1. The van der Waals surface area contributed by atoms with Crippen molar-refractivity contribution in [3.8, 4) is 0 Å². The third-order valence-electron chi connectivity index (χ3n) is 3.39. The highest BCUT2D eigenvalue weighted by Gasteiger charge is 2.31. The number of aromatic nitrogens is 1. The molecule has 0 bridgehead atoms. The van der Waals surface area contributed by atoms with Crippen molar-refractivity contribution < 1.29 is 9.72 Å². The summed E-state index contributed by atoms with van der Waals surface area (Å²) in [5.74, 6) is -0.285. The number of hydrogen-bond donors (Lipinski definition) is 0. The minimum Gasteiger partial charge on any atom is -0.290 e. The largest absolute Gasteiger partial charge is 0.290 e. The van der Waals surface area contributed by atoms with Gasteiger partial charge in [-0.15, -0.1) is 0 Å².